The third kappa shape index (κ3) is 4.23. The number of nitrogens with zero attached hydrogens (tertiary/aromatic N) is 4. The summed E-state index contributed by atoms with van der Waals surface area (Å²) >= 11 is 0. The van der Waals surface area contributed by atoms with Crippen molar-refractivity contribution in [2.45, 2.75) is 38.6 Å². The minimum absolute atomic E-state index is 0.138. The summed E-state index contributed by atoms with van der Waals surface area (Å²) in [7, 11) is 0. The van der Waals surface area contributed by atoms with Crippen LogP contribution in [0.5, 0.6) is 0 Å². The second-order valence-electron chi connectivity index (χ2n) is 7.14. The van der Waals surface area contributed by atoms with Crippen molar-refractivity contribution in [1.82, 2.24) is 19.6 Å². The number of amides is 2. The van der Waals surface area contributed by atoms with Gasteiger partial charge in [0.2, 0.25) is 11.8 Å². The molecule has 130 valence electrons. The molecule has 3 fully saturated rings. The van der Waals surface area contributed by atoms with Gasteiger partial charge in [-0.15, -0.1) is 0 Å². The van der Waals surface area contributed by atoms with Crippen molar-refractivity contribution in [3.8, 4) is 0 Å². The van der Waals surface area contributed by atoms with Gasteiger partial charge >= 0.3 is 0 Å². The fraction of sp³-hybridized carbons (Fsp3) is 0.882. The van der Waals surface area contributed by atoms with Crippen LogP contribution < -0.4 is 0 Å². The van der Waals surface area contributed by atoms with Gasteiger partial charge in [-0.25, -0.2) is 0 Å². The largest absolute Gasteiger partial charge is 0.340 e. The highest BCUT2D eigenvalue weighted by atomic mass is 16.2. The number of carbonyl (C=O) groups is 2. The summed E-state index contributed by atoms with van der Waals surface area (Å²) in [6.45, 7) is 9.07. The fourth-order valence-corrected chi connectivity index (χ4v) is 4.12. The Hall–Kier alpha value is -1.14. The molecule has 2 aliphatic heterocycles. The zero-order chi connectivity index (χ0) is 16.2. The van der Waals surface area contributed by atoms with Gasteiger partial charge in [-0.3, -0.25) is 19.4 Å². The molecule has 0 bridgehead atoms. The second-order valence-corrected chi connectivity index (χ2v) is 7.14. The van der Waals surface area contributed by atoms with Gasteiger partial charge in [0.05, 0.1) is 6.54 Å². The lowest BCUT2D eigenvalue weighted by atomic mass is 10.2. The molecule has 0 aromatic carbocycles. The quantitative estimate of drug-likeness (QED) is 0.747. The Bertz CT molecular complexity index is 420. The van der Waals surface area contributed by atoms with Crippen LogP contribution in [-0.2, 0) is 9.59 Å². The van der Waals surface area contributed by atoms with E-state index in [1.165, 1.54) is 25.7 Å². The maximum absolute atomic E-state index is 12.5. The number of hydrogen-bond donors (Lipinski definition) is 0. The molecule has 2 saturated heterocycles. The highest BCUT2D eigenvalue weighted by Gasteiger charge is 2.29. The van der Waals surface area contributed by atoms with Gasteiger partial charge < -0.3 is 9.80 Å². The monoisotopic (exact) mass is 322 g/mol. The van der Waals surface area contributed by atoms with E-state index in [4.69, 9.17) is 0 Å². The van der Waals surface area contributed by atoms with E-state index >= 15 is 0 Å². The van der Waals surface area contributed by atoms with E-state index < -0.39 is 0 Å². The average Bonchev–Trinajstić information content (AvgIpc) is 3.10. The first-order valence-corrected chi connectivity index (χ1v) is 9.13. The zero-order valence-electron chi connectivity index (χ0n) is 14.4. The van der Waals surface area contributed by atoms with Crippen LogP contribution in [0.2, 0.25) is 0 Å². The summed E-state index contributed by atoms with van der Waals surface area (Å²) in [5, 5.41) is 0. The van der Waals surface area contributed by atoms with Crippen LogP contribution in [0.1, 0.15) is 32.6 Å². The van der Waals surface area contributed by atoms with Crippen LogP contribution in [0.4, 0.5) is 0 Å². The molecule has 3 rings (SSSR count). The number of rotatable bonds is 3. The molecule has 1 aliphatic carbocycles. The van der Waals surface area contributed by atoms with Gasteiger partial charge in [-0.05, 0) is 12.8 Å². The topological polar surface area (TPSA) is 47.1 Å². The molecule has 6 heteroatoms. The molecule has 0 atom stereocenters. The van der Waals surface area contributed by atoms with E-state index in [2.05, 4.69) is 9.80 Å². The van der Waals surface area contributed by atoms with Crippen molar-refractivity contribution < 1.29 is 9.59 Å². The summed E-state index contributed by atoms with van der Waals surface area (Å²) < 4.78 is 0. The molecule has 3 aliphatic rings. The molecule has 0 spiro atoms. The van der Waals surface area contributed by atoms with Crippen molar-refractivity contribution >= 4 is 11.8 Å². The third-order valence-electron chi connectivity index (χ3n) is 5.68. The first-order valence-electron chi connectivity index (χ1n) is 9.13. The Kier molecular flexibility index (Phi) is 5.54. The highest BCUT2D eigenvalue weighted by Crippen LogP contribution is 2.24. The second kappa shape index (κ2) is 7.62. The lowest BCUT2D eigenvalue weighted by molar-refractivity contribution is -0.135. The molecule has 1 saturated carbocycles. The summed E-state index contributed by atoms with van der Waals surface area (Å²) in [4.78, 5) is 32.5. The Morgan fingerprint density at radius 3 is 1.96 bits per heavy atom. The Labute approximate surface area is 139 Å². The molecular weight excluding hydrogens is 292 g/mol. The van der Waals surface area contributed by atoms with Crippen molar-refractivity contribution in [2.24, 2.45) is 0 Å². The molecule has 0 aromatic rings. The van der Waals surface area contributed by atoms with Crippen molar-refractivity contribution in [1.29, 1.82) is 0 Å². The average molecular weight is 322 g/mol. The smallest absolute Gasteiger partial charge is 0.236 e. The number of hydrogen-bond acceptors (Lipinski definition) is 4. The molecule has 2 heterocycles. The SMILES string of the molecule is CC(=O)N1CCN(CC(=O)N2CCN(C3CCCC3)CC2)CC1. The van der Waals surface area contributed by atoms with Gasteiger partial charge in [0.1, 0.15) is 0 Å². The van der Waals surface area contributed by atoms with Crippen molar-refractivity contribution in [3.05, 3.63) is 0 Å². The van der Waals surface area contributed by atoms with E-state index in [0.29, 0.717) is 6.54 Å². The van der Waals surface area contributed by atoms with Crippen LogP contribution >= 0.6 is 0 Å². The lowest BCUT2D eigenvalue weighted by Gasteiger charge is -2.39. The summed E-state index contributed by atoms with van der Waals surface area (Å²) in [6, 6.07) is 0.770. The molecule has 6 nitrogen and oxygen atoms in total. The summed E-state index contributed by atoms with van der Waals surface area (Å²) in [5.41, 5.74) is 0. The standard InChI is InChI=1S/C17H30N4O2/c1-15(22)19-8-6-18(7-9-19)14-17(23)21-12-10-20(11-13-21)16-4-2-3-5-16/h16H,2-14H2,1H3. The maximum Gasteiger partial charge on any atom is 0.236 e. The molecule has 0 N–H and O–H groups in total. The molecule has 0 unspecified atom stereocenters. The first kappa shape index (κ1) is 16.7. The van der Waals surface area contributed by atoms with Crippen LogP contribution in [0, 0.1) is 0 Å². The predicted octanol–water partition coefficient (Wildman–Crippen LogP) is 0.237. The molecule has 0 aromatic heterocycles. The molecule has 0 radical (unpaired) electrons. The fourth-order valence-electron chi connectivity index (χ4n) is 4.12. The number of piperazine rings is 2. The van der Waals surface area contributed by atoms with Crippen molar-refractivity contribution in [2.75, 3.05) is 58.9 Å². The van der Waals surface area contributed by atoms with Crippen molar-refractivity contribution in [3.63, 3.8) is 0 Å². The van der Waals surface area contributed by atoms with E-state index in [0.717, 1.165) is 58.4 Å². The van der Waals surface area contributed by atoms with Crippen LogP contribution in [-0.4, -0.2) is 96.4 Å². The Morgan fingerprint density at radius 1 is 0.826 bits per heavy atom. The Morgan fingerprint density at radius 2 is 1.39 bits per heavy atom. The summed E-state index contributed by atoms with van der Waals surface area (Å²) in [5.74, 6) is 0.395. The lowest BCUT2D eigenvalue weighted by Crippen LogP contribution is -2.55. The van der Waals surface area contributed by atoms with Gasteiger partial charge in [0, 0.05) is 65.3 Å². The van der Waals surface area contributed by atoms with Crippen LogP contribution in [0.15, 0.2) is 0 Å². The van der Waals surface area contributed by atoms with E-state index in [9.17, 15) is 9.59 Å². The van der Waals surface area contributed by atoms with Gasteiger partial charge in [-0.1, -0.05) is 12.8 Å². The third-order valence-corrected chi connectivity index (χ3v) is 5.68. The zero-order valence-corrected chi connectivity index (χ0v) is 14.4. The van der Waals surface area contributed by atoms with Gasteiger partial charge in [0.15, 0.2) is 0 Å². The summed E-state index contributed by atoms with van der Waals surface area (Å²) in [6.07, 6.45) is 5.43. The minimum Gasteiger partial charge on any atom is -0.340 e. The van der Waals surface area contributed by atoms with E-state index in [1.807, 2.05) is 9.80 Å². The van der Waals surface area contributed by atoms with E-state index in [1.54, 1.807) is 6.92 Å². The van der Waals surface area contributed by atoms with Gasteiger partial charge in [-0.2, -0.15) is 0 Å². The molecular formula is C17H30N4O2. The Balaban J connectivity index is 1.39. The normalized spacial score (nSPS) is 25.1. The molecule has 2 amide bonds. The van der Waals surface area contributed by atoms with Crippen LogP contribution in [0.3, 0.4) is 0 Å². The van der Waals surface area contributed by atoms with Crippen LogP contribution in [0.25, 0.3) is 0 Å². The van der Waals surface area contributed by atoms with E-state index in [-0.39, 0.29) is 11.8 Å². The first-order chi connectivity index (χ1) is 11.1. The highest BCUT2D eigenvalue weighted by molar-refractivity contribution is 5.78. The minimum atomic E-state index is 0.138. The molecule has 23 heavy (non-hydrogen) atoms. The number of carbonyl (C=O) groups excluding carboxylic acids is 2. The predicted molar refractivity (Wildman–Crippen MR) is 89.1 cm³/mol. The van der Waals surface area contributed by atoms with Gasteiger partial charge in [0.25, 0.3) is 0 Å². The maximum atomic E-state index is 12.5.